The van der Waals surface area contributed by atoms with Crippen molar-refractivity contribution in [1.82, 2.24) is 25.2 Å². The Bertz CT molecular complexity index is 1180. The van der Waals surface area contributed by atoms with Gasteiger partial charge < -0.3 is 10.6 Å². The van der Waals surface area contributed by atoms with E-state index in [9.17, 15) is 31.5 Å². The monoisotopic (exact) mass is 526 g/mol. The Hall–Kier alpha value is -3.30. The summed E-state index contributed by atoms with van der Waals surface area (Å²) >= 11 is 0. The van der Waals surface area contributed by atoms with Crippen LogP contribution in [0.1, 0.15) is 81.1 Å². The van der Waals surface area contributed by atoms with Crippen molar-refractivity contribution in [2.75, 3.05) is 0 Å². The molecule has 2 heterocycles. The topological polar surface area (TPSA) is 112 Å². The minimum atomic E-state index is -4.42. The molecule has 2 aliphatic rings. The minimum Gasteiger partial charge on any atom is -0.349 e. The summed E-state index contributed by atoms with van der Waals surface area (Å²) < 4.78 is 66.4. The van der Waals surface area contributed by atoms with Crippen molar-refractivity contribution >= 4 is 17.5 Å². The van der Waals surface area contributed by atoms with E-state index in [0.29, 0.717) is 16.9 Å². The van der Waals surface area contributed by atoms with E-state index in [1.54, 1.807) is 18.3 Å². The van der Waals surface area contributed by atoms with Gasteiger partial charge in [-0.05, 0) is 49.1 Å². The van der Waals surface area contributed by atoms with Gasteiger partial charge in [-0.25, -0.2) is 18.3 Å². The standard InChI is InChI=1S/C24H27F5N6O2/c25-23(26)7-3-15(4-8-23)22(34-20(37)6-10-30)17-13-35-18(32-17)11-16(12-31-35)21(14-1-2-14)33-19(36)5-9-24(27,28)29/h11-15,21-22H,1-9H2,(H,33,36)(H,34,37)/t21-,22+/m1/s1. The first-order chi connectivity index (χ1) is 17.4. The number of alkyl halides is 5. The number of imidazole rings is 1. The Kier molecular flexibility index (Phi) is 7.66. The molecule has 13 heteroatoms. The lowest BCUT2D eigenvalue weighted by Crippen LogP contribution is -2.37. The lowest BCUT2D eigenvalue weighted by Gasteiger charge is -2.33. The Balaban J connectivity index is 1.55. The van der Waals surface area contributed by atoms with Crippen LogP contribution in [-0.2, 0) is 9.59 Å². The van der Waals surface area contributed by atoms with E-state index in [4.69, 9.17) is 5.26 Å². The van der Waals surface area contributed by atoms with Gasteiger partial charge in [0.1, 0.15) is 6.42 Å². The summed E-state index contributed by atoms with van der Waals surface area (Å²) in [5.41, 5.74) is 1.38. The number of nitrogens with one attached hydrogen (secondary N) is 2. The van der Waals surface area contributed by atoms with Gasteiger partial charge in [0.25, 0.3) is 0 Å². The average molecular weight is 527 g/mol. The molecule has 2 saturated carbocycles. The number of carbonyl (C=O) groups is 2. The van der Waals surface area contributed by atoms with Crippen LogP contribution in [0.25, 0.3) is 5.65 Å². The molecule has 2 amide bonds. The molecule has 2 aromatic heterocycles. The molecule has 0 aromatic carbocycles. The van der Waals surface area contributed by atoms with Crippen LogP contribution in [0, 0.1) is 23.2 Å². The van der Waals surface area contributed by atoms with E-state index >= 15 is 0 Å². The normalized spacial score (nSPS) is 19.7. The predicted octanol–water partition coefficient (Wildman–Crippen LogP) is 4.54. The SMILES string of the molecule is N#CCC(=O)N[C@H](c1cn2ncc([C@H](NC(=O)CCC(F)(F)F)C3CC3)cc2n1)C1CCC(F)(F)CC1. The maximum Gasteiger partial charge on any atom is 0.389 e. The van der Waals surface area contributed by atoms with Crippen LogP contribution in [0.3, 0.4) is 0 Å². The third kappa shape index (κ3) is 7.14. The number of carbonyl (C=O) groups excluding carboxylic acids is 2. The second-order valence-corrected chi connectivity index (χ2v) is 9.83. The summed E-state index contributed by atoms with van der Waals surface area (Å²) in [4.78, 5) is 28.9. The lowest BCUT2D eigenvalue weighted by molar-refractivity contribution is -0.144. The van der Waals surface area contributed by atoms with Crippen molar-refractivity contribution in [2.24, 2.45) is 11.8 Å². The number of fused-ring (bicyclic) bond motifs is 1. The smallest absolute Gasteiger partial charge is 0.349 e. The molecule has 2 fully saturated rings. The summed E-state index contributed by atoms with van der Waals surface area (Å²) in [6, 6.07) is 2.24. The Morgan fingerprint density at radius 2 is 1.76 bits per heavy atom. The summed E-state index contributed by atoms with van der Waals surface area (Å²) in [6.45, 7) is 0. The van der Waals surface area contributed by atoms with Crippen molar-refractivity contribution in [3.8, 4) is 6.07 Å². The van der Waals surface area contributed by atoms with Crippen LogP contribution in [0.15, 0.2) is 18.5 Å². The van der Waals surface area contributed by atoms with Crippen molar-refractivity contribution in [3.05, 3.63) is 29.7 Å². The van der Waals surface area contributed by atoms with E-state index in [2.05, 4.69) is 20.7 Å². The fourth-order valence-electron chi connectivity index (χ4n) is 4.76. The zero-order valence-corrected chi connectivity index (χ0v) is 19.9. The van der Waals surface area contributed by atoms with Crippen molar-refractivity contribution in [1.29, 1.82) is 5.26 Å². The number of nitriles is 1. The van der Waals surface area contributed by atoms with Gasteiger partial charge in [-0.1, -0.05) is 0 Å². The Morgan fingerprint density at radius 1 is 1.11 bits per heavy atom. The van der Waals surface area contributed by atoms with E-state index in [0.717, 1.165) is 12.8 Å². The van der Waals surface area contributed by atoms with E-state index in [1.807, 2.05) is 0 Å². The first-order valence-electron chi connectivity index (χ1n) is 12.2. The van der Waals surface area contributed by atoms with Gasteiger partial charge >= 0.3 is 6.18 Å². The molecular weight excluding hydrogens is 499 g/mol. The quantitative estimate of drug-likeness (QED) is 0.466. The molecule has 37 heavy (non-hydrogen) atoms. The highest BCUT2D eigenvalue weighted by Crippen LogP contribution is 2.42. The predicted molar refractivity (Wildman–Crippen MR) is 120 cm³/mol. The summed E-state index contributed by atoms with van der Waals surface area (Å²) in [5, 5.41) is 18.6. The summed E-state index contributed by atoms with van der Waals surface area (Å²) in [5.74, 6) is -4.22. The molecule has 0 spiro atoms. The maximum absolute atomic E-state index is 13.7. The second-order valence-electron chi connectivity index (χ2n) is 9.83. The average Bonchev–Trinajstić information content (AvgIpc) is 3.57. The molecular formula is C24H27F5N6O2. The molecule has 2 N–H and O–H groups in total. The summed E-state index contributed by atoms with van der Waals surface area (Å²) in [6.07, 6.45) is -2.24. The number of nitrogens with zero attached hydrogens (tertiary/aromatic N) is 4. The van der Waals surface area contributed by atoms with Gasteiger partial charge in [-0.2, -0.15) is 23.5 Å². The highest BCUT2D eigenvalue weighted by atomic mass is 19.4. The number of rotatable bonds is 9. The molecule has 0 unspecified atom stereocenters. The Labute approximate surface area is 209 Å². The third-order valence-corrected chi connectivity index (χ3v) is 6.87. The molecule has 4 rings (SSSR count). The van der Waals surface area contributed by atoms with Crippen LogP contribution in [0.2, 0.25) is 0 Å². The molecule has 2 aliphatic carbocycles. The third-order valence-electron chi connectivity index (χ3n) is 6.87. The van der Waals surface area contributed by atoms with Crippen LogP contribution in [0.4, 0.5) is 22.0 Å². The molecule has 0 radical (unpaired) electrons. The number of hydrogen-bond donors (Lipinski definition) is 2. The fourth-order valence-corrected chi connectivity index (χ4v) is 4.76. The van der Waals surface area contributed by atoms with Gasteiger partial charge in [0.2, 0.25) is 17.7 Å². The number of hydrogen-bond acceptors (Lipinski definition) is 5. The van der Waals surface area contributed by atoms with Gasteiger partial charge in [0, 0.05) is 19.3 Å². The van der Waals surface area contributed by atoms with Crippen molar-refractivity contribution in [3.63, 3.8) is 0 Å². The van der Waals surface area contributed by atoms with Gasteiger partial charge in [-0.15, -0.1) is 0 Å². The highest BCUT2D eigenvalue weighted by molar-refractivity contribution is 5.78. The van der Waals surface area contributed by atoms with Crippen molar-refractivity contribution in [2.45, 2.75) is 82.0 Å². The molecule has 200 valence electrons. The van der Waals surface area contributed by atoms with E-state index < -0.39 is 48.8 Å². The van der Waals surface area contributed by atoms with Gasteiger partial charge in [0.05, 0.1) is 42.7 Å². The highest BCUT2D eigenvalue weighted by Gasteiger charge is 2.39. The lowest BCUT2D eigenvalue weighted by atomic mass is 9.81. The molecule has 0 saturated heterocycles. The fraction of sp³-hybridized carbons (Fsp3) is 0.625. The molecule has 0 aliphatic heterocycles. The summed E-state index contributed by atoms with van der Waals surface area (Å²) in [7, 11) is 0. The number of halogens is 5. The molecule has 0 bridgehead atoms. The van der Waals surface area contributed by atoms with Crippen LogP contribution in [-0.4, -0.2) is 38.5 Å². The molecule has 2 aromatic rings. The number of aromatic nitrogens is 3. The zero-order chi connectivity index (χ0) is 26.8. The second kappa shape index (κ2) is 10.6. The van der Waals surface area contributed by atoms with Crippen LogP contribution in [0.5, 0.6) is 0 Å². The first-order valence-corrected chi connectivity index (χ1v) is 12.2. The maximum atomic E-state index is 13.7. The van der Waals surface area contributed by atoms with Crippen molar-refractivity contribution < 1.29 is 31.5 Å². The van der Waals surface area contributed by atoms with E-state index in [1.165, 1.54) is 10.7 Å². The van der Waals surface area contributed by atoms with E-state index in [-0.39, 0.29) is 43.9 Å². The van der Waals surface area contributed by atoms with Gasteiger partial charge in [0.15, 0.2) is 5.65 Å². The van der Waals surface area contributed by atoms with Crippen LogP contribution < -0.4 is 10.6 Å². The first kappa shape index (κ1) is 26.8. The largest absolute Gasteiger partial charge is 0.389 e. The molecule has 2 atom stereocenters. The molecule has 8 nitrogen and oxygen atoms in total. The van der Waals surface area contributed by atoms with Gasteiger partial charge in [-0.3, -0.25) is 9.59 Å². The van der Waals surface area contributed by atoms with Crippen LogP contribution >= 0.6 is 0 Å². The Morgan fingerprint density at radius 3 is 2.38 bits per heavy atom. The minimum absolute atomic E-state index is 0.0791. The number of amides is 2. The zero-order valence-electron chi connectivity index (χ0n) is 19.9.